The van der Waals surface area contributed by atoms with Crippen molar-refractivity contribution in [1.82, 2.24) is 0 Å². The van der Waals surface area contributed by atoms with Crippen LogP contribution in [0.25, 0.3) is 0 Å². The monoisotopic (exact) mass is 372 g/mol. The van der Waals surface area contributed by atoms with E-state index in [1.807, 2.05) is 30.8 Å². The predicted molar refractivity (Wildman–Crippen MR) is 66.2 cm³/mol. The summed E-state index contributed by atoms with van der Waals surface area (Å²) >= 11 is 1.96. The van der Waals surface area contributed by atoms with E-state index >= 15 is 0 Å². The molecule has 0 aromatic carbocycles. The molecular weight excluding hydrogens is 346 g/mol. The quantitative estimate of drug-likeness (QED) is 0.608. The summed E-state index contributed by atoms with van der Waals surface area (Å²) in [5.41, 5.74) is 0. The van der Waals surface area contributed by atoms with E-state index in [0.717, 1.165) is 12.8 Å². The zero-order valence-corrected chi connectivity index (χ0v) is 11.8. The minimum atomic E-state index is 0. The molecule has 14 heavy (non-hydrogen) atoms. The number of allylic oxidation sites excluding steroid dienone is 6. The van der Waals surface area contributed by atoms with Gasteiger partial charge in [-0.2, -0.15) is 0 Å². The van der Waals surface area contributed by atoms with Gasteiger partial charge in [-0.15, -0.1) is 13.2 Å². The second kappa shape index (κ2) is 15.1. The first kappa shape index (κ1) is 16.0. The molecule has 1 heteroatoms. The normalized spacial score (nSPS) is 11.4. The fourth-order valence-electron chi connectivity index (χ4n) is 0.416. The van der Waals surface area contributed by atoms with Gasteiger partial charge in [-0.25, -0.2) is 0 Å². The van der Waals surface area contributed by atoms with Crippen molar-refractivity contribution in [2.75, 3.05) is 0 Å². The van der Waals surface area contributed by atoms with Crippen LogP contribution < -0.4 is 0 Å². The van der Waals surface area contributed by atoms with Crippen LogP contribution in [0.4, 0.5) is 0 Å². The van der Waals surface area contributed by atoms with E-state index in [2.05, 4.69) is 45.2 Å². The summed E-state index contributed by atoms with van der Waals surface area (Å²) in [6, 6.07) is 0. The van der Waals surface area contributed by atoms with Crippen molar-refractivity contribution in [3.05, 3.63) is 47.7 Å². The number of hydrogen-bond donors (Lipinski definition) is 0. The fraction of sp³-hybridized carbons (Fsp3) is 0.385. The van der Waals surface area contributed by atoms with Gasteiger partial charge >= 0.3 is 47.4 Å². The van der Waals surface area contributed by atoms with E-state index < -0.39 is 0 Å². The Labute approximate surface area is 104 Å². The standard InChI is InChI=1S/C5H5.2C4H8.Os.3H/c1-2-4-5-3-1;2*1-3-4-2;;;;/h1-3H,4H2;2*3H,1,4H2,2H3;;;;/q;;;+3;3*-1. The first-order chi connectivity index (χ1) is 6.72. The van der Waals surface area contributed by atoms with E-state index in [-0.39, 0.29) is 4.28 Å². The molecule has 0 aromatic rings. The third-order valence-electron chi connectivity index (χ3n) is 1.29. The zero-order chi connectivity index (χ0) is 11.2. The second-order valence-electron chi connectivity index (χ2n) is 2.62. The molecule has 0 saturated carbocycles. The van der Waals surface area contributed by atoms with E-state index in [9.17, 15) is 0 Å². The molecule has 0 spiro atoms. The summed E-state index contributed by atoms with van der Waals surface area (Å²) in [7, 11) is 0. The molecule has 1 rings (SSSR count). The van der Waals surface area contributed by atoms with Gasteiger partial charge in [-0.05, 0) is 12.8 Å². The summed E-state index contributed by atoms with van der Waals surface area (Å²) in [5.74, 6) is 0. The molecule has 1 aliphatic rings. The van der Waals surface area contributed by atoms with Gasteiger partial charge in [0.2, 0.25) is 0 Å². The van der Waals surface area contributed by atoms with E-state index in [0.29, 0.717) is 0 Å². The second-order valence-corrected chi connectivity index (χ2v) is 4.26. The topological polar surface area (TPSA) is 0 Å². The van der Waals surface area contributed by atoms with Crippen LogP contribution in [0.15, 0.2) is 47.7 Å². The molecule has 0 bridgehead atoms. The van der Waals surface area contributed by atoms with Gasteiger partial charge in [0.05, 0.1) is 0 Å². The third kappa shape index (κ3) is 17.6. The summed E-state index contributed by atoms with van der Waals surface area (Å²) in [6.45, 7) is 11.1. The Morgan fingerprint density at radius 1 is 1.36 bits per heavy atom. The van der Waals surface area contributed by atoms with Gasteiger partial charge in [-0.1, -0.05) is 26.0 Å². The molecule has 0 radical (unpaired) electrons. The van der Waals surface area contributed by atoms with Crippen LogP contribution in [0.5, 0.6) is 0 Å². The Morgan fingerprint density at radius 3 is 1.86 bits per heavy atom. The van der Waals surface area contributed by atoms with Gasteiger partial charge in [0.15, 0.2) is 0 Å². The molecule has 0 fully saturated rings. The molecule has 0 aliphatic heterocycles. The summed E-state index contributed by atoms with van der Waals surface area (Å²) in [5, 5.41) is 0. The Kier molecular flexibility index (Phi) is 17.3. The van der Waals surface area contributed by atoms with Crippen LogP contribution in [0.2, 0.25) is 0 Å². The van der Waals surface area contributed by atoms with Crippen molar-refractivity contribution in [2.45, 2.75) is 33.1 Å². The molecule has 1 aliphatic carbocycles. The zero-order valence-electron chi connectivity index (χ0n) is 12.3. The fourth-order valence-corrected chi connectivity index (χ4v) is 0.960. The Balaban J connectivity index is -0.0000000403. The summed E-state index contributed by atoms with van der Waals surface area (Å²) in [6.07, 6.45) is 13.5. The SMILES string of the molecule is C=CCC.C=CCC.[H-].[H-].[H-].[Os+3][C]1=CC=CC1. The molecule has 0 atom stereocenters. The van der Waals surface area contributed by atoms with Crippen LogP contribution in [0.3, 0.4) is 0 Å². The van der Waals surface area contributed by atoms with Gasteiger partial charge < -0.3 is 4.28 Å². The van der Waals surface area contributed by atoms with E-state index in [1.165, 1.54) is 10.5 Å². The Morgan fingerprint density at radius 2 is 1.79 bits per heavy atom. The Hall–Kier alpha value is -0.404. The maximum absolute atomic E-state index is 3.48. The molecule has 0 aromatic heterocycles. The first-order valence-corrected chi connectivity index (χ1v) is 6.21. The molecule has 0 saturated heterocycles. The molecular formula is C13H24Os. The van der Waals surface area contributed by atoms with Crippen molar-refractivity contribution in [1.29, 1.82) is 0 Å². The first-order valence-electron chi connectivity index (χ1n) is 4.94. The van der Waals surface area contributed by atoms with Crippen molar-refractivity contribution < 1.29 is 22.9 Å². The predicted octanol–water partition coefficient (Wildman–Crippen LogP) is 4.88. The van der Waals surface area contributed by atoms with Crippen molar-refractivity contribution in [3.63, 3.8) is 0 Å². The van der Waals surface area contributed by atoms with Crippen LogP contribution in [0, 0.1) is 0 Å². The number of hydrogen-bond acceptors (Lipinski definition) is 0. The van der Waals surface area contributed by atoms with Gasteiger partial charge in [0.1, 0.15) is 0 Å². The van der Waals surface area contributed by atoms with Crippen LogP contribution in [0.1, 0.15) is 37.4 Å². The molecule has 0 unspecified atom stereocenters. The minimum absolute atomic E-state index is 0. The van der Waals surface area contributed by atoms with Crippen molar-refractivity contribution in [3.8, 4) is 0 Å². The summed E-state index contributed by atoms with van der Waals surface area (Å²) < 4.78 is 1.50. The molecule has 0 heterocycles. The van der Waals surface area contributed by atoms with E-state index in [1.54, 1.807) is 0 Å². The molecule has 0 N–H and O–H groups in total. The van der Waals surface area contributed by atoms with Gasteiger partial charge in [-0.3, -0.25) is 0 Å². The van der Waals surface area contributed by atoms with Crippen LogP contribution >= 0.6 is 0 Å². The summed E-state index contributed by atoms with van der Waals surface area (Å²) in [4.78, 5) is 0. The average molecular weight is 371 g/mol. The van der Waals surface area contributed by atoms with Crippen LogP contribution in [-0.2, 0) is 18.6 Å². The number of rotatable bonds is 2. The van der Waals surface area contributed by atoms with E-state index in [4.69, 9.17) is 0 Å². The van der Waals surface area contributed by atoms with Crippen LogP contribution in [-0.4, -0.2) is 0 Å². The Bertz CT molecular complexity index is 191. The maximum atomic E-state index is 3.48. The average Bonchev–Trinajstić information content (AvgIpc) is 2.70. The van der Waals surface area contributed by atoms with Crippen molar-refractivity contribution >= 4 is 0 Å². The van der Waals surface area contributed by atoms with Gasteiger partial charge in [0, 0.05) is 0 Å². The molecule has 0 amide bonds. The third-order valence-corrected chi connectivity index (χ3v) is 2.24. The molecule has 0 nitrogen and oxygen atoms in total. The molecule has 84 valence electrons. The van der Waals surface area contributed by atoms with Crippen molar-refractivity contribution in [2.24, 2.45) is 0 Å². The van der Waals surface area contributed by atoms with Gasteiger partial charge in [0.25, 0.3) is 0 Å².